The molecule has 2 rings (SSSR count). The van der Waals surface area contributed by atoms with E-state index in [9.17, 15) is 0 Å². The molecule has 0 bridgehead atoms. The van der Waals surface area contributed by atoms with Crippen molar-refractivity contribution < 1.29 is 9.47 Å². The van der Waals surface area contributed by atoms with Gasteiger partial charge in [0, 0.05) is 18.2 Å². The third-order valence-electron chi connectivity index (χ3n) is 3.95. The van der Waals surface area contributed by atoms with Gasteiger partial charge in [0.25, 0.3) is 0 Å². The predicted octanol–water partition coefficient (Wildman–Crippen LogP) is 4.99. The van der Waals surface area contributed by atoms with Crippen LogP contribution < -0.4 is 14.8 Å². The first kappa shape index (κ1) is 19.3. The molecule has 0 unspecified atom stereocenters. The molecule has 0 amide bonds. The number of aryl methyl sites for hydroxylation is 1. The van der Waals surface area contributed by atoms with E-state index in [1.165, 1.54) is 11.1 Å². The molecule has 1 N–H and O–H groups in total. The lowest BCUT2D eigenvalue weighted by molar-refractivity contribution is 0.299. The first-order valence-electron chi connectivity index (χ1n) is 9.46. The van der Waals surface area contributed by atoms with Gasteiger partial charge >= 0.3 is 0 Å². The molecule has 0 aliphatic carbocycles. The number of benzene rings is 2. The van der Waals surface area contributed by atoms with E-state index in [2.05, 4.69) is 55.6 Å². The van der Waals surface area contributed by atoms with Gasteiger partial charge in [-0.15, -0.1) is 0 Å². The standard InChI is InChI=1S/C22H31NO2/c1-3-15-24-21-13-12-20(22(17-21)25-16-4-2)18-23-14-8-11-19-9-6-5-7-10-19/h5-7,9-10,12-13,17,23H,3-4,8,11,14-16,18H2,1-2H3. The highest BCUT2D eigenvalue weighted by atomic mass is 16.5. The van der Waals surface area contributed by atoms with Crippen molar-refractivity contribution >= 4 is 0 Å². The van der Waals surface area contributed by atoms with E-state index in [0.717, 1.165) is 63.5 Å². The average Bonchev–Trinajstić information content (AvgIpc) is 2.66. The summed E-state index contributed by atoms with van der Waals surface area (Å²) in [6, 6.07) is 16.8. The van der Waals surface area contributed by atoms with E-state index >= 15 is 0 Å². The van der Waals surface area contributed by atoms with Crippen LogP contribution in [0.5, 0.6) is 11.5 Å². The smallest absolute Gasteiger partial charge is 0.127 e. The topological polar surface area (TPSA) is 30.5 Å². The van der Waals surface area contributed by atoms with Gasteiger partial charge in [-0.2, -0.15) is 0 Å². The van der Waals surface area contributed by atoms with Gasteiger partial charge < -0.3 is 14.8 Å². The van der Waals surface area contributed by atoms with Gasteiger partial charge in [-0.05, 0) is 43.9 Å². The van der Waals surface area contributed by atoms with Crippen molar-refractivity contribution in [3.63, 3.8) is 0 Å². The number of hydrogen-bond donors (Lipinski definition) is 1. The van der Waals surface area contributed by atoms with Crippen molar-refractivity contribution in [3.8, 4) is 11.5 Å². The summed E-state index contributed by atoms with van der Waals surface area (Å²) in [5.74, 6) is 1.83. The maximum atomic E-state index is 5.91. The molecule has 2 aromatic carbocycles. The molecule has 2 aromatic rings. The molecule has 0 heterocycles. The van der Waals surface area contributed by atoms with Crippen LogP contribution in [0.1, 0.15) is 44.2 Å². The lowest BCUT2D eigenvalue weighted by atomic mass is 10.1. The van der Waals surface area contributed by atoms with Gasteiger partial charge in [-0.3, -0.25) is 0 Å². The normalized spacial score (nSPS) is 10.6. The van der Waals surface area contributed by atoms with E-state index in [1.807, 2.05) is 12.1 Å². The summed E-state index contributed by atoms with van der Waals surface area (Å²) in [6.45, 7) is 7.53. The zero-order valence-corrected chi connectivity index (χ0v) is 15.6. The molecule has 0 aromatic heterocycles. The maximum absolute atomic E-state index is 5.91. The minimum Gasteiger partial charge on any atom is -0.493 e. The van der Waals surface area contributed by atoms with Crippen LogP contribution in [-0.4, -0.2) is 19.8 Å². The molecular formula is C22H31NO2. The lowest BCUT2D eigenvalue weighted by Crippen LogP contribution is -2.16. The van der Waals surface area contributed by atoms with E-state index in [0.29, 0.717) is 0 Å². The summed E-state index contributed by atoms with van der Waals surface area (Å²) in [7, 11) is 0. The lowest BCUT2D eigenvalue weighted by Gasteiger charge is -2.14. The van der Waals surface area contributed by atoms with E-state index in [-0.39, 0.29) is 0 Å². The molecule has 0 spiro atoms. The third-order valence-corrected chi connectivity index (χ3v) is 3.95. The van der Waals surface area contributed by atoms with Crippen LogP contribution in [-0.2, 0) is 13.0 Å². The molecule has 0 radical (unpaired) electrons. The Morgan fingerprint density at radius 3 is 2.40 bits per heavy atom. The zero-order chi connectivity index (χ0) is 17.7. The predicted molar refractivity (Wildman–Crippen MR) is 104 cm³/mol. The Kier molecular flexibility index (Phi) is 8.92. The van der Waals surface area contributed by atoms with Gasteiger partial charge in [0.2, 0.25) is 0 Å². The summed E-state index contributed by atoms with van der Waals surface area (Å²) in [5, 5.41) is 3.53. The molecule has 3 heteroatoms. The average molecular weight is 341 g/mol. The molecule has 0 fully saturated rings. The van der Waals surface area contributed by atoms with Crippen molar-refractivity contribution in [2.45, 2.75) is 46.1 Å². The van der Waals surface area contributed by atoms with Crippen molar-refractivity contribution in [1.29, 1.82) is 0 Å². The molecule has 0 atom stereocenters. The second kappa shape index (κ2) is 11.5. The van der Waals surface area contributed by atoms with Crippen molar-refractivity contribution in [3.05, 3.63) is 59.7 Å². The zero-order valence-electron chi connectivity index (χ0n) is 15.6. The van der Waals surface area contributed by atoms with Crippen LogP contribution in [0.4, 0.5) is 0 Å². The van der Waals surface area contributed by atoms with E-state index in [4.69, 9.17) is 9.47 Å². The van der Waals surface area contributed by atoms with Crippen LogP contribution in [0.2, 0.25) is 0 Å². The summed E-state index contributed by atoms with van der Waals surface area (Å²) in [5.41, 5.74) is 2.59. The second-order valence-electron chi connectivity index (χ2n) is 6.23. The molecule has 136 valence electrons. The van der Waals surface area contributed by atoms with Gasteiger partial charge in [-0.1, -0.05) is 50.2 Å². The summed E-state index contributed by atoms with van der Waals surface area (Å²) >= 11 is 0. The fraction of sp³-hybridized carbons (Fsp3) is 0.455. The van der Waals surface area contributed by atoms with Gasteiger partial charge in [-0.25, -0.2) is 0 Å². The Balaban J connectivity index is 1.82. The SMILES string of the molecule is CCCOc1ccc(CNCCCc2ccccc2)c(OCCC)c1. The largest absolute Gasteiger partial charge is 0.493 e. The number of hydrogen-bond acceptors (Lipinski definition) is 3. The van der Waals surface area contributed by atoms with E-state index < -0.39 is 0 Å². The molecule has 0 aliphatic rings. The van der Waals surface area contributed by atoms with Crippen LogP contribution in [0.3, 0.4) is 0 Å². The number of ether oxygens (including phenoxy) is 2. The summed E-state index contributed by atoms with van der Waals surface area (Å²) in [6.07, 6.45) is 4.25. The van der Waals surface area contributed by atoms with Crippen molar-refractivity contribution in [2.75, 3.05) is 19.8 Å². The Hall–Kier alpha value is -2.00. The molecule has 0 saturated heterocycles. The van der Waals surface area contributed by atoms with Gasteiger partial charge in [0.15, 0.2) is 0 Å². The first-order valence-corrected chi connectivity index (χ1v) is 9.46. The summed E-state index contributed by atoms with van der Waals surface area (Å²) in [4.78, 5) is 0. The van der Waals surface area contributed by atoms with Crippen LogP contribution in [0.25, 0.3) is 0 Å². The highest BCUT2D eigenvalue weighted by molar-refractivity contribution is 5.40. The summed E-state index contributed by atoms with van der Waals surface area (Å²) < 4.78 is 11.6. The monoisotopic (exact) mass is 341 g/mol. The minimum absolute atomic E-state index is 0.734. The fourth-order valence-corrected chi connectivity index (χ4v) is 2.62. The van der Waals surface area contributed by atoms with E-state index in [1.54, 1.807) is 0 Å². The second-order valence-corrected chi connectivity index (χ2v) is 6.23. The Labute approximate surface area is 152 Å². The van der Waals surface area contributed by atoms with Crippen molar-refractivity contribution in [2.24, 2.45) is 0 Å². The highest BCUT2D eigenvalue weighted by Gasteiger charge is 2.06. The van der Waals surface area contributed by atoms with Crippen LogP contribution in [0, 0.1) is 0 Å². The molecule has 0 saturated carbocycles. The van der Waals surface area contributed by atoms with Gasteiger partial charge in [0.1, 0.15) is 11.5 Å². The highest BCUT2D eigenvalue weighted by Crippen LogP contribution is 2.25. The number of rotatable bonds is 12. The molecule has 0 aliphatic heterocycles. The Morgan fingerprint density at radius 1 is 0.880 bits per heavy atom. The number of nitrogens with one attached hydrogen (secondary N) is 1. The molecular weight excluding hydrogens is 310 g/mol. The Bertz CT molecular complexity index is 598. The van der Waals surface area contributed by atoms with Gasteiger partial charge in [0.05, 0.1) is 13.2 Å². The first-order chi connectivity index (χ1) is 12.3. The maximum Gasteiger partial charge on any atom is 0.127 e. The molecule has 3 nitrogen and oxygen atoms in total. The third kappa shape index (κ3) is 7.18. The van der Waals surface area contributed by atoms with Crippen molar-refractivity contribution in [1.82, 2.24) is 5.32 Å². The molecule has 25 heavy (non-hydrogen) atoms. The minimum atomic E-state index is 0.734. The van der Waals surface area contributed by atoms with Crippen LogP contribution in [0.15, 0.2) is 48.5 Å². The van der Waals surface area contributed by atoms with Crippen LogP contribution >= 0.6 is 0 Å². The fourth-order valence-electron chi connectivity index (χ4n) is 2.62. The Morgan fingerprint density at radius 2 is 1.64 bits per heavy atom. The quantitative estimate of drug-likeness (QED) is 0.552.